The molecule has 6 heteroatoms. The molecule has 0 radical (unpaired) electrons. The molecule has 1 unspecified atom stereocenters. The van der Waals surface area contributed by atoms with Crippen LogP contribution in [0.2, 0.25) is 0 Å². The fraction of sp³-hybridized carbons (Fsp3) is 0.714. The van der Waals surface area contributed by atoms with Crippen LogP contribution in [0.3, 0.4) is 0 Å². The van der Waals surface area contributed by atoms with E-state index in [4.69, 9.17) is 9.47 Å². The lowest BCUT2D eigenvalue weighted by Gasteiger charge is -2.34. The van der Waals surface area contributed by atoms with Crippen LogP contribution in [0.1, 0.15) is 38.3 Å². The molecular weight excluding hydrogens is 258 g/mol. The van der Waals surface area contributed by atoms with Gasteiger partial charge in [0.15, 0.2) is 11.9 Å². The smallest absolute Gasteiger partial charge is 0.192 e. The monoisotopic (exact) mass is 279 g/mol. The first-order chi connectivity index (χ1) is 9.58. The van der Waals surface area contributed by atoms with Crippen LogP contribution in [0.4, 0.5) is 0 Å². The molecule has 0 aromatic carbocycles. The molecule has 1 aromatic heterocycles. The van der Waals surface area contributed by atoms with Crippen molar-refractivity contribution in [1.29, 1.82) is 0 Å². The molecule has 2 bridgehead atoms. The molecule has 0 saturated carbocycles. The molecule has 6 nitrogen and oxygen atoms in total. The van der Waals surface area contributed by atoms with Crippen molar-refractivity contribution < 1.29 is 14.6 Å². The number of nitrogens with zero attached hydrogens (tertiary/aromatic N) is 3. The van der Waals surface area contributed by atoms with E-state index < -0.39 is 11.9 Å². The molecule has 3 heterocycles. The number of aryl methyl sites for hydroxylation is 1. The number of allylic oxidation sites excluding steroid dienone is 1. The Morgan fingerprint density at radius 3 is 3.30 bits per heavy atom. The quantitative estimate of drug-likeness (QED) is 0.824. The first-order valence-corrected chi connectivity index (χ1v) is 7.12. The van der Waals surface area contributed by atoms with Crippen molar-refractivity contribution >= 4 is 0 Å². The summed E-state index contributed by atoms with van der Waals surface area (Å²) in [5.41, 5.74) is 0.535. The Morgan fingerprint density at radius 1 is 1.65 bits per heavy atom. The van der Waals surface area contributed by atoms with Crippen molar-refractivity contribution in [3.8, 4) is 0 Å². The summed E-state index contributed by atoms with van der Waals surface area (Å²) in [6, 6.07) is 0. The zero-order chi connectivity index (χ0) is 14.2. The Bertz CT molecular complexity index is 502. The van der Waals surface area contributed by atoms with Crippen LogP contribution in [0, 0.1) is 0 Å². The number of hydrogen-bond donors (Lipinski definition) is 1. The lowest BCUT2D eigenvalue weighted by Crippen LogP contribution is -2.44. The van der Waals surface area contributed by atoms with E-state index in [9.17, 15) is 5.11 Å². The zero-order valence-electron chi connectivity index (χ0n) is 11.8. The van der Waals surface area contributed by atoms with Crippen LogP contribution in [0.25, 0.3) is 0 Å². The highest BCUT2D eigenvalue weighted by Crippen LogP contribution is 2.40. The largest absolute Gasteiger partial charge is 0.378 e. The summed E-state index contributed by atoms with van der Waals surface area (Å²) in [5, 5.41) is 19.0. The van der Waals surface area contributed by atoms with Crippen molar-refractivity contribution in [3.05, 3.63) is 24.0 Å². The normalized spacial score (nSPS) is 32.5. The Labute approximate surface area is 118 Å². The van der Waals surface area contributed by atoms with E-state index in [2.05, 4.69) is 16.9 Å². The number of rotatable bonds is 5. The van der Waals surface area contributed by atoms with Crippen molar-refractivity contribution in [2.75, 3.05) is 6.61 Å². The van der Waals surface area contributed by atoms with Crippen molar-refractivity contribution in [1.82, 2.24) is 15.0 Å². The highest BCUT2D eigenvalue weighted by atomic mass is 16.7. The first kappa shape index (κ1) is 13.7. The SMILES string of the molecule is C=C(C)CCCn1cc(C2(O)CC[C@H]3CO[C@@H]2O3)nn1. The van der Waals surface area contributed by atoms with Crippen LogP contribution >= 0.6 is 0 Å². The van der Waals surface area contributed by atoms with Gasteiger partial charge < -0.3 is 14.6 Å². The van der Waals surface area contributed by atoms with E-state index in [1.165, 1.54) is 0 Å². The van der Waals surface area contributed by atoms with E-state index >= 15 is 0 Å². The second-order valence-electron chi connectivity index (χ2n) is 5.81. The summed E-state index contributed by atoms with van der Waals surface area (Å²) >= 11 is 0. The van der Waals surface area contributed by atoms with Crippen LogP contribution in [-0.2, 0) is 21.6 Å². The zero-order valence-corrected chi connectivity index (χ0v) is 11.8. The molecule has 2 aliphatic rings. The number of aromatic nitrogens is 3. The number of hydrogen-bond acceptors (Lipinski definition) is 5. The van der Waals surface area contributed by atoms with Crippen molar-refractivity contribution in [3.63, 3.8) is 0 Å². The predicted octanol–water partition coefficient (Wildman–Crippen LogP) is 1.36. The lowest BCUT2D eigenvalue weighted by molar-refractivity contribution is -0.219. The number of aliphatic hydroxyl groups is 1. The summed E-state index contributed by atoms with van der Waals surface area (Å²) in [6.07, 6.45) is 4.63. The van der Waals surface area contributed by atoms with E-state index in [1.807, 2.05) is 6.92 Å². The molecular formula is C14H21N3O3. The van der Waals surface area contributed by atoms with E-state index in [0.717, 1.165) is 31.4 Å². The summed E-state index contributed by atoms with van der Waals surface area (Å²) in [7, 11) is 0. The molecule has 0 amide bonds. The minimum absolute atomic E-state index is 0.117. The standard InChI is InChI=1S/C14H21N3O3/c1-10(2)4-3-7-17-8-12(15-16-17)14(18)6-5-11-9-19-13(14)20-11/h8,11,13,18H,1,3-7,9H2,2H3/t11-,13+,14?/m0/s1. The van der Waals surface area contributed by atoms with Crippen LogP contribution in [0.5, 0.6) is 0 Å². The first-order valence-electron chi connectivity index (χ1n) is 7.12. The molecule has 1 N–H and O–H groups in total. The van der Waals surface area contributed by atoms with Crippen LogP contribution in [0.15, 0.2) is 18.3 Å². The van der Waals surface area contributed by atoms with Gasteiger partial charge in [0.05, 0.1) is 18.9 Å². The summed E-state index contributed by atoms with van der Waals surface area (Å²) in [6.45, 7) is 7.22. The second-order valence-corrected chi connectivity index (χ2v) is 5.81. The van der Waals surface area contributed by atoms with Gasteiger partial charge in [-0.05, 0) is 32.6 Å². The molecule has 20 heavy (non-hydrogen) atoms. The van der Waals surface area contributed by atoms with Gasteiger partial charge in [-0.1, -0.05) is 10.8 Å². The van der Waals surface area contributed by atoms with Gasteiger partial charge in [0.2, 0.25) is 0 Å². The minimum Gasteiger partial charge on any atom is -0.378 e. The average Bonchev–Trinajstić information content (AvgIpc) is 3.02. The van der Waals surface area contributed by atoms with Crippen molar-refractivity contribution in [2.45, 2.75) is 57.1 Å². The summed E-state index contributed by atoms with van der Waals surface area (Å²) < 4.78 is 12.9. The maximum absolute atomic E-state index is 10.8. The molecule has 0 aliphatic carbocycles. The van der Waals surface area contributed by atoms with Gasteiger partial charge in [-0.15, -0.1) is 11.7 Å². The maximum atomic E-state index is 10.8. The minimum atomic E-state index is -1.17. The van der Waals surface area contributed by atoms with E-state index in [0.29, 0.717) is 18.7 Å². The third kappa shape index (κ3) is 2.51. The number of fused-ring (bicyclic) bond motifs is 2. The highest BCUT2D eigenvalue weighted by Gasteiger charge is 2.51. The molecule has 2 saturated heterocycles. The second kappa shape index (κ2) is 5.27. The fourth-order valence-electron chi connectivity index (χ4n) is 2.75. The Balaban J connectivity index is 1.68. The molecule has 2 aliphatic heterocycles. The topological polar surface area (TPSA) is 69.4 Å². The van der Waals surface area contributed by atoms with Gasteiger partial charge >= 0.3 is 0 Å². The van der Waals surface area contributed by atoms with Gasteiger partial charge in [0, 0.05) is 6.54 Å². The van der Waals surface area contributed by atoms with Crippen LogP contribution in [-0.4, -0.2) is 39.1 Å². The molecule has 110 valence electrons. The molecule has 2 fully saturated rings. The van der Waals surface area contributed by atoms with Crippen LogP contribution < -0.4 is 0 Å². The molecule has 3 atom stereocenters. The Kier molecular flexibility index (Phi) is 3.62. The van der Waals surface area contributed by atoms with Gasteiger partial charge in [0.25, 0.3) is 0 Å². The highest BCUT2D eigenvalue weighted by molar-refractivity contribution is 5.11. The molecule has 0 spiro atoms. The Hall–Kier alpha value is -1.24. The average molecular weight is 279 g/mol. The molecule has 1 aromatic rings. The number of ether oxygens (including phenoxy) is 2. The van der Waals surface area contributed by atoms with Gasteiger partial charge in [-0.25, -0.2) is 0 Å². The van der Waals surface area contributed by atoms with Crippen molar-refractivity contribution in [2.24, 2.45) is 0 Å². The van der Waals surface area contributed by atoms with Gasteiger partial charge in [-0.3, -0.25) is 4.68 Å². The van der Waals surface area contributed by atoms with E-state index in [1.54, 1.807) is 10.9 Å². The maximum Gasteiger partial charge on any atom is 0.192 e. The third-order valence-electron chi connectivity index (χ3n) is 3.96. The summed E-state index contributed by atoms with van der Waals surface area (Å²) in [4.78, 5) is 0. The lowest BCUT2D eigenvalue weighted by atomic mass is 9.90. The molecule has 3 rings (SSSR count). The third-order valence-corrected chi connectivity index (χ3v) is 3.96. The van der Waals surface area contributed by atoms with Gasteiger partial charge in [-0.2, -0.15) is 0 Å². The Morgan fingerprint density at radius 2 is 2.50 bits per heavy atom. The summed E-state index contributed by atoms with van der Waals surface area (Å²) in [5.74, 6) is 0. The fourth-order valence-corrected chi connectivity index (χ4v) is 2.75. The van der Waals surface area contributed by atoms with E-state index in [-0.39, 0.29) is 6.10 Å². The van der Waals surface area contributed by atoms with Gasteiger partial charge in [0.1, 0.15) is 5.69 Å². The predicted molar refractivity (Wildman–Crippen MR) is 71.8 cm³/mol.